The number of nitrogens with two attached hydrogens (primary N) is 3. The lowest BCUT2D eigenvalue weighted by Crippen LogP contribution is -2.61. The van der Waals surface area contributed by atoms with Crippen LogP contribution in [0.25, 0.3) is 21.8 Å². The largest absolute Gasteiger partial charge is 0.508 e. The Kier molecular flexibility index (Phi) is 39.6. The van der Waals surface area contributed by atoms with Crippen molar-refractivity contribution in [2.45, 2.75) is 202 Å². The number of imidazole rings is 1. The molecule has 5 heterocycles. The van der Waals surface area contributed by atoms with Crippen molar-refractivity contribution in [3.8, 4) is 5.75 Å². The molecule has 0 unspecified atom stereocenters. The summed E-state index contributed by atoms with van der Waals surface area (Å²) in [5, 5.41) is 59.7. The van der Waals surface area contributed by atoms with Gasteiger partial charge in [0.05, 0.1) is 38.2 Å². The average Bonchev–Trinajstić information content (AvgIpc) is 1.64. The number of rotatable bonds is 26. The first-order chi connectivity index (χ1) is 65.0. The Morgan fingerprint density at radius 1 is 0.507 bits per heavy atom. The van der Waals surface area contributed by atoms with E-state index in [-0.39, 0.29) is 89.5 Å². The molecule has 0 saturated carbocycles. The number of aromatic hydroxyl groups is 1. The molecule has 2 saturated heterocycles. The van der Waals surface area contributed by atoms with Gasteiger partial charge in [0.15, 0.2) is 5.96 Å². The first kappa shape index (κ1) is 105. The molecule has 44 heteroatoms. The maximum Gasteiger partial charge on any atom is 0.246 e. The quantitative estimate of drug-likeness (QED) is 0.0155. The molecule has 4 aromatic carbocycles. The number of carbonyl (C=O) groups is 17. The van der Waals surface area contributed by atoms with E-state index in [1.807, 2.05) is 13.8 Å². The Hall–Kier alpha value is -14.5. The number of fused-ring (bicyclic) bond motifs is 3. The van der Waals surface area contributed by atoms with Crippen LogP contribution in [0, 0.1) is 5.41 Å². The van der Waals surface area contributed by atoms with Gasteiger partial charge in [0.1, 0.15) is 84.3 Å². The Balaban J connectivity index is 1.10. The summed E-state index contributed by atoms with van der Waals surface area (Å²) in [7, 11) is 5.18. The van der Waals surface area contributed by atoms with Gasteiger partial charge in [-0.15, -0.1) is 11.8 Å². The Morgan fingerprint density at radius 3 is 1.62 bits per heavy atom. The minimum absolute atomic E-state index is 0.00507. The molecule has 7 aromatic rings. The van der Waals surface area contributed by atoms with Crippen LogP contribution in [0.4, 0.5) is 0 Å². The van der Waals surface area contributed by atoms with E-state index in [9.17, 15) is 58.2 Å². The first-order valence-corrected chi connectivity index (χ1v) is 46.2. The lowest BCUT2D eigenvalue weighted by atomic mass is 10.00. The molecule has 0 aliphatic carbocycles. The second-order valence-corrected chi connectivity index (χ2v) is 34.9. The number of hydrogen-bond donors (Lipinski definition) is 20. The number of likely N-dealkylation sites (N-methyl/N-ethyl adjacent to an activating group) is 4. The summed E-state index contributed by atoms with van der Waals surface area (Å²) in [6, 6.07) is 7.89. The van der Waals surface area contributed by atoms with E-state index in [2.05, 4.69) is 78.4 Å². The number of para-hydroxylation sites is 2. The highest BCUT2D eigenvalue weighted by atomic mass is 32.2. The topological polar surface area (TPSA) is 641 Å². The van der Waals surface area contributed by atoms with Crippen LogP contribution in [-0.4, -0.2) is 312 Å². The molecule has 13 atom stereocenters. The van der Waals surface area contributed by atoms with E-state index in [0.29, 0.717) is 75.4 Å². The monoisotopic (exact) mass is 1900 g/mol. The Bertz CT molecular complexity index is 5390. The predicted octanol–water partition coefficient (Wildman–Crippen LogP) is -2.24. The zero-order valence-corrected chi connectivity index (χ0v) is 77.9. The fourth-order valence-electron chi connectivity index (χ4n) is 16.2. The number of benzene rings is 4. The van der Waals surface area contributed by atoms with Crippen molar-refractivity contribution in [2.24, 2.45) is 17.2 Å². The number of aromatic nitrogens is 4. The van der Waals surface area contributed by atoms with E-state index >= 15 is 33.6 Å². The van der Waals surface area contributed by atoms with Crippen LogP contribution in [0.3, 0.4) is 0 Å². The first-order valence-electron chi connectivity index (χ1n) is 45.0. The van der Waals surface area contributed by atoms with Gasteiger partial charge in [-0.2, -0.15) is 0 Å². The minimum atomic E-state index is -1.88. The summed E-state index contributed by atoms with van der Waals surface area (Å²) in [5.41, 5.74) is 20.3. The molecule has 23 N–H and O–H groups in total. The van der Waals surface area contributed by atoms with Crippen LogP contribution in [-0.2, 0) is 114 Å². The second kappa shape index (κ2) is 51.1. The maximum atomic E-state index is 15.7. The number of thioether (sulfide) groups is 1. The number of amides is 17. The van der Waals surface area contributed by atoms with Gasteiger partial charge in [-0.05, 0) is 92.0 Å². The minimum Gasteiger partial charge on any atom is -0.508 e. The number of phenolic OH excluding ortho intramolecular Hbond substituents is 1. The molecule has 0 bridgehead atoms. The summed E-state index contributed by atoms with van der Waals surface area (Å²) in [5.74, 6) is -17.5. The smallest absolute Gasteiger partial charge is 0.246 e. The molecular weight excluding hydrogens is 1780 g/mol. The third-order valence-electron chi connectivity index (χ3n) is 23.8. The number of aliphatic hydroxyl groups is 1. The fraction of sp³-hybridized carbons (Fsp3) is 0.467. The van der Waals surface area contributed by atoms with Gasteiger partial charge in [-0.1, -0.05) is 118 Å². The van der Waals surface area contributed by atoms with Crippen molar-refractivity contribution >= 4 is 140 Å². The standard InChI is InChI=1S/C92H124N24O19S/c1-8-10-28-72-85(129)105-63(27-19-35-98-92(95)96)81(125)111-71(80(124)101-46-76(94)120)49-136-50-78(122)104-67(37-53-21-13-12-14-22-53)88(132)113(5)52(3)79(123)107-69(42-75(93)119)90(134)116-36-20-30-73(116)86(130)106-65(41-57-45-97-51-102-57)83(127)108-66(38-54-31-33-58(118)34-32-54)87(131)112(4)47-77(121)103-64(39-55-43-99-61-25-17-15-23-59(55)61)82(126)110-70(48-117)84(128)109-68(40-56-44-100-62-26-18-16-24-60(56)62)89(133)115(7)74(29-11-9-2)91(135)114(72)6/h12-18,21-26,31-34,43-45,51-52,63-74,99-100,117-118H,8-11,19-20,27-30,35-42,46-50H2,1-7H3,(H2,93,119)(H2,94,120)(H,97,102)(H,101,124)(H,103,121)(H,104,122)(H,105,129)(H,106,130)(H,107,123)(H,108,127)(H,109,128)(H,110,126)(H,111,125)(H4,95,96,98)/t52-,63-,64-,65-,66-,67-,68-,69-,70-,71-,72-,73-,74-/m0/s1. The molecule has 43 nitrogen and oxygen atoms in total. The number of guanidine groups is 1. The van der Waals surface area contributed by atoms with E-state index in [1.54, 1.807) is 91.3 Å². The van der Waals surface area contributed by atoms with Gasteiger partial charge in [0, 0.05) is 125 Å². The van der Waals surface area contributed by atoms with Crippen molar-refractivity contribution in [1.82, 2.24) is 103 Å². The molecule has 17 amide bonds. The van der Waals surface area contributed by atoms with E-state index in [1.165, 1.54) is 71.9 Å². The third kappa shape index (κ3) is 30.0. The second-order valence-electron chi connectivity index (χ2n) is 33.9. The van der Waals surface area contributed by atoms with Gasteiger partial charge in [0.25, 0.3) is 0 Å². The molecule has 732 valence electrons. The summed E-state index contributed by atoms with van der Waals surface area (Å²) >= 11 is 0.788. The molecular formula is C92H124N24O19S. The molecule has 0 spiro atoms. The molecule has 2 fully saturated rings. The zero-order valence-electron chi connectivity index (χ0n) is 77.1. The van der Waals surface area contributed by atoms with Gasteiger partial charge in [0.2, 0.25) is 100 Å². The highest BCUT2D eigenvalue weighted by Gasteiger charge is 2.44. The van der Waals surface area contributed by atoms with Crippen LogP contribution in [0.5, 0.6) is 5.75 Å². The normalized spacial score (nSPS) is 23.1. The summed E-state index contributed by atoms with van der Waals surface area (Å²) < 4.78 is 0. The van der Waals surface area contributed by atoms with Crippen molar-refractivity contribution < 1.29 is 91.7 Å². The molecule has 136 heavy (non-hydrogen) atoms. The number of unbranched alkanes of at least 4 members (excludes halogenated alkanes) is 2. The highest BCUT2D eigenvalue weighted by molar-refractivity contribution is 8.00. The number of nitrogens with one attached hydrogen (secondary N) is 15. The Morgan fingerprint density at radius 2 is 1.03 bits per heavy atom. The van der Waals surface area contributed by atoms with Crippen LogP contribution in [0.15, 0.2) is 128 Å². The number of phenols is 1. The van der Waals surface area contributed by atoms with Gasteiger partial charge in [-0.3, -0.25) is 86.9 Å². The summed E-state index contributed by atoms with van der Waals surface area (Å²) in [4.78, 5) is 268. The van der Waals surface area contributed by atoms with Crippen molar-refractivity contribution in [3.63, 3.8) is 0 Å². The fourth-order valence-corrected chi connectivity index (χ4v) is 17.0. The van der Waals surface area contributed by atoms with E-state index in [0.717, 1.165) is 36.3 Å². The molecule has 2 aliphatic heterocycles. The number of aliphatic hydroxyl groups excluding tert-OH is 1. The molecule has 0 radical (unpaired) electrons. The molecule has 9 rings (SSSR count). The van der Waals surface area contributed by atoms with Crippen LogP contribution >= 0.6 is 11.8 Å². The summed E-state index contributed by atoms with van der Waals surface area (Å²) in [6.45, 7) is 2.23. The third-order valence-corrected chi connectivity index (χ3v) is 24.8. The molecule has 2 aliphatic rings. The van der Waals surface area contributed by atoms with E-state index < -0.39 is 223 Å². The zero-order chi connectivity index (χ0) is 99.0. The average molecular weight is 1900 g/mol. The maximum absolute atomic E-state index is 15.7. The van der Waals surface area contributed by atoms with Crippen LogP contribution < -0.4 is 75.7 Å². The lowest BCUT2D eigenvalue weighted by Gasteiger charge is -2.36. The number of carbonyl (C=O) groups excluding carboxylic acids is 17. The number of H-pyrrole nitrogens is 3. The number of primary amides is 2. The van der Waals surface area contributed by atoms with E-state index in [4.69, 9.17) is 22.6 Å². The number of hydrogen-bond acceptors (Lipinski definition) is 22. The molecule has 3 aromatic heterocycles. The highest BCUT2D eigenvalue weighted by Crippen LogP contribution is 2.27. The van der Waals surface area contributed by atoms with Crippen molar-refractivity contribution in [3.05, 3.63) is 156 Å². The number of aromatic amines is 3. The van der Waals surface area contributed by atoms with Crippen molar-refractivity contribution in [2.75, 3.05) is 72.5 Å². The van der Waals surface area contributed by atoms with Gasteiger partial charge < -0.3 is 125 Å². The van der Waals surface area contributed by atoms with Gasteiger partial charge >= 0.3 is 0 Å². The van der Waals surface area contributed by atoms with Gasteiger partial charge in [-0.25, -0.2) is 4.98 Å². The van der Waals surface area contributed by atoms with Crippen molar-refractivity contribution in [1.29, 1.82) is 5.41 Å². The van der Waals surface area contributed by atoms with Crippen LogP contribution in [0.2, 0.25) is 0 Å². The predicted molar refractivity (Wildman–Crippen MR) is 502 cm³/mol. The number of nitrogens with zero attached hydrogens (tertiary/aromatic N) is 6. The lowest BCUT2D eigenvalue weighted by molar-refractivity contribution is -0.149. The summed E-state index contributed by atoms with van der Waals surface area (Å²) in [6.07, 6.45) is 5.38. The van der Waals surface area contributed by atoms with Crippen LogP contribution in [0.1, 0.15) is 119 Å². The SMILES string of the molecule is CCCC[C@H]1C(=O)N(C)[C@@H](CCCC)C(=O)N[C@@H](CCCNC(=N)N)C(=O)N[C@H](C(=O)NCC(N)=O)CSCC(=O)N[C@@H](Cc2ccccc2)C(=O)N(C)[C@@H](C)C(=O)N[C@@H](CC(N)=O)C(=O)N2CCC[C@H]2C(=O)N[C@@H](Cc2cnc[nH]2)C(=O)N[C@@H](Cc2ccc(O)cc2)C(=O)N(C)CC(=O)N[C@@H](Cc2c[nH]c3ccccc23)C(=O)N[C@@H](CO)C(=O)N[C@@H](Cc2c[nH]c3ccccc23)C(=O)N1C. The Labute approximate surface area is 789 Å².